The van der Waals surface area contributed by atoms with E-state index in [4.69, 9.17) is 4.74 Å². The van der Waals surface area contributed by atoms with Crippen LogP contribution in [0.2, 0.25) is 0 Å². The zero-order valence-corrected chi connectivity index (χ0v) is 14.8. The van der Waals surface area contributed by atoms with Gasteiger partial charge >= 0.3 is 0 Å². The molecular formula is C21H19N3O3. The molecule has 3 rings (SSSR count). The van der Waals surface area contributed by atoms with Crippen LogP contribution in [0.25, 0.3) is 0 Å². The van der Waals surface area contributed by atoms with E-state index in [0.29, 0.717) is 16.9 Å². The summed E-state index contributed by atoms with van der Waals surface area (Å²) in [6, 6.07) is 17.7. The monoisotopic (exact) mass is 361 g/mol. The molecule has 136 valence electrons. The van der Waals surface area contributed by atoms with Gasteiger partial charge in [-0.25, -0.2) is 0 Å². The van der Waals surface area contributed by atoms with E-state index in [1.165, 1.54) is 6.20 Å². The molecule has 3 aromatic rings. The lowest BCUT2D eigenvalue weighted by Gasteiger charge is -2.08. The van der Waals surface area contributed by atoms with Gasteiger partial charge in [0.15, 0.2) is 0 Å². The maximum atomic E-state index is 12.2. The van der Waals surface area contributed by atoms with Crippen molar-refractivity contribution >= 4 is 23.2 Å². The highest BCUT2D eigenvalue weighted by molar-refractivity contribution is 6.04. The van der Waals surface area contributed by atoms with Crippen LogP contribution < -0.4 is 15.4 Å². The third-order valence-corrected chi connectivity index (χ3v) is 3.87. The van der Waals surface area contributed by atoms with Crippen LogP contribution in [-0.4, -0.2) is 23.9 Å². The third-order valence-electron chi connectivity index (χ3n) is 3.87. The van der Waals surface area contributed by atoms with Crippen LogP contribution in [0.3, 0.4) is 0 Å². The molecule has 2 amide bonds. The minimum Gasteiger partial charge on any atom is -0.497 e. The van der Waals surface area contributed by atoms with Crippen molar-refractivity contribution in [2.75, 3.05) is 17.7 Å². The number of amides is 2. The Hall–Kier alpha value is -3.67. The summed E-state index contributed by atoms with van der Waals surface area (Å²) in [5.74, 6) is 0.398. The van der Waals surface area contributed by atoms with Crippen molar-refractivity contribution in [3.05, 3.63) is 84.2 Å². The summed E-state index contributed by atoms with van der Waals surface area (Å²) in [5.41, 5.74) is 2.67. The lowest BCUT2D eigenvalue weighted by Crippen LogP contribution is -2.15. The van der Waals surface area contributed by atoms with E-state index >= 15 is 0 Å². The highest BCUT2D eigenvalue weighted by Crippen LogP contribution is 2.16. The number of aromatic nitrogens is 1. The minimum atomic E-state index is -0.237. The van der Waals surface area contributed by atoms with E-state index in [-0.39, 0.29) is 18.2 Å². The number of methoxy groups -OCH3 is 1. The quantitative estimate of drug-likeness (QED) is 0.704. The van der Waals surface area contributed by atoms with Gasteiger partial charge in [-0.3, -0.25) is 14.6 Å². The molecule has 1 heterocycles. The molecule has 0 saturated carbocycles. The summed E-state index contributed by atoms with van der Waals surface area (Å²) in [4.78, 5) is 28.2. The number of nitrogens with zero attached hydrogens (tertiary/aromatic N) is 1. The van der Waals surface area contributed by atoms with Crippen molar-refractivity contribution in [3.63, 3.8) is 0 Å². The molecule has 0 aliphatic carbocycles. The number of nitrogens with one attached hydrogen (secondary N) is 2. The van der Waals surface area contributed by atoms with Crippen LogP contribution in [0.5, 0.6) is 5.75 Å². The molecule has 0 fully saturated rings. The standard InChI is InChI=1S/C21H19N3O3/c1-27-19-10-4-15(5-11-19)13-20(25)23-17-6-8-18(9-7-17)24-21(26)16-3-2-12-22-14-16/h2-12,14H,13H2,1H3,(H,23,25)(H,24,26). The summed E-state index contributed by atoms with van der Waals surface area (Å²) >= 11 is 0. The zero-order chi connectivity index (χ0) is 19.1. The van der Waals surface area contributed by atoms with Crippen LogP contribution in [-0.2, 0) is 11.2 Å². The molecule has 0 atom stereocenters. The zero-order valence-electron chi connectivity index (χ0n) is 14.8. The molecule has 0 saturated heterocycles. The predicted octanol–water partition coefficient (Wildman–Crippen LogP) is 3.52. The SMILES string of the molecule is COc1ccc(CC(=O)Nc2ccc(NC(=O)c3cccnc3)cc2)cc1. The summed E-state index contributed by atoms with van der Waals surface area (Å²) in [6.07, 6.45) is 3.38. The number of hydrogen-bond donors (Lipinski definition) is 2. The number of pyridine rings is 1. The van der Waals surface area contributed by atoms with E-state index in [1.807, 2.05) is 24.3 Å². The van der Waals surface area contributed by atoms with Gasteiger partial charge in [0.1, 0.15) is 5.75 Å². The van der Waals surface area contributed by atoms with E-state index in [9.17, 15) is 9.59 Å². The Morgan fingerprint density at radius 3 is 2.19 bits per heavy atom. The Kier molecular flexibility index (Phi) is 5.79. The van der Waals surface area contributed by atoms with Crippen molar-refractivity contribution < 1.29 is 14.3 Å². The largest absolute Gasteiger partial charge is 0.497 e. The van der Waals surface area contributed by atoms with Crippen molar-refractivity contribution in [2.24, 2.45) is 0 Å². The van der Waals surface area contributed by atoms with Crippen molar-refractivity contribution in [2.45, 2.75) is 6.42 Å². The lowest BCUT2D eigenvalue weighted by molar-refractivity contribution is -0.115. The van der Waals surface area contributed by atoms with Crippen LogP contribution in [0.4, 0.5) is 11.4 Å². The van der Waals surface area contributed by atoms with Gasteiger partial charge in [0.2, 0.25) is 5.91 Å². The number of carbonyl (C=O) groups is 2. The molecule has 27 heavy (non-hydrogen) atoms. The fraction of sp³-hybridized carbons (Fsp3) is 0.0952. The number of rotatable bonds is 6. The molecule has 0 unspecified atom stereocenters. The van der Waals surface area contributed by atoms with Crippen molar-refractivity contribution in [1.29, 1.82) is 0 Å². The van der Waals surface area contributed by atoms with Gasteiger partial charge < -0.3 is 15.4 Å². The number of carbonyl (C=O) groups excluding carboxylic acids is 2. The van der Waals surface area contributed by atoms with E-state index in [2.05, 4.69) is 15.6 Å². The van der Waals surface area contributed by atoms with E-state index in [1.54, 1.807) is 49.7 Å². The molecule has 0 spiro atoms. The summed E-state index contributed by atoms with van der Waals surface area (Å²) in [6.45, 7) is 0. The minimum absolute atomic E-state index is 0.118. The van der Waals surface area contributed by atoms with Crippen molar-refractivity contribution in [3.8, 4) is 5.75 Å². The second kappa shape index (κ2) is 8.62. The number of ether oxygens (including phenoxy) is 1. The predicted molar refractivity (Wildman–Crippen MR) is 104 cm³/mol. The van der Waals surface area contributed by atoms with Crippen LogP contribution >= 0.6 is 0 Å². The van der Waals surface area contributed by atoms with Gasteiger partial charge in [-0.1, -0.05) is 12.1 Å². The Morgan fingerprint density at radius 1 is 0.926 bits per heavy atom. The topological polar surface area (TPSA) is 80.3 Å². The Labute approximate surface area is 157 Å². The molecule has 6 nitrogen and oxygen atoms in total. The Balaban J connectivity index is 1.55. The molecular weight excluding hydrogens is 342 g/mol. The fourth-order valence-electron chi connectivity index (χ4n) is 2.47. The fourth-order valence-corrected chi connectivity index (χ4v) is 2.47. The summed E-state index contributed by atoms with van der Waals surface area (Å²) in [5, 5.41) is 5.62. The normalized spacial score (nSPS) is 10.1. The number of hydrogen-bond acceptors (Lipinski definition) is 4. The van der Waals surface area contributed by atoms with Gasteiger partial charge in [-0.15, -0.1) is 0 Å². The average molecular weight is 361 g/mol. The second-order valence-electron chi connectivity index (χ2n) is 5.85. The van der Waals surface area contributed by atoms with E-state index in [0.717, 1.165) is 11.3 Å². The second-order valence-corrected chi connectivity index (χ2v) is 5.85. The Bertz CT molecular complexity index is 908. The molecule has 0 radical (unpaired) electrons. The molecule has 0 aliphatic rings. The summed E-state index contributed by atoms with van der Waals surface area (Å²) < 4.78 is 5.10. The molecule has 0 bridgehead atoms. The van der Waals surface area contributed by atoms with Gasteiger partial charge in [0, 0.05) is 23.8 Å². The van der Waals surface area contributed by atoms with Crippen molar-refractivity contribution in [1.82, 2.24) is 4.98 Å². The molecule has 2 N–H and O–H groups in total. The van der Waals surface area contributed by atoms with Crippen LogP contribution in [0.15, 0.2) is 73.1 Å². The lowest BCUT2D eigenvalue weighted by atomic mass is 10.1. The third kappa shape index (κ3) is 5.15. The molecule has 0 aliphatic heterocycles. The van der Waals surface area contributed by atoms with Gasteiger partial charge in [0.05, 0.1) is 19.1 Å². The van der Waals surface area contributed by atoms with Gasteiger partial charge in [-0.05, 0) is 54.1 Å². The first-order valence-corrected chi connectivity index (χ1v) is 8.38. The van der Waals surface area contributed by atoms with Crippen LogP contribution in [0, 0.1) is 0 Å². The maximum Gasteiger partial charge on any atom is 0.257 e. The van der Waals surface area contributed by atoms with Gasteiger partial charge in [-0.2, -0.15) is 0 Å². The van der Waals surface area contributed by atoms with Crippen LogP contribution in [0.1, 0.15) is 15.9 Å². The molecule has 6 heteroatoms. The Morgan fingerprint density at radius 2 is 1.59 bits per heavy atom. The van der Waals surface area contributed by atoms with Gasteiger partial charge in [0.25, 0.3) is 5.91 Å². The molecule has 1 aromatic heterocycles. The first-order chi connectivity index (χ1) is 13.1. The number of benzene rings is 2. The first kappa shape index (κ1) is 18.1. The maximum absolute atomic E-state index is 12.2. The highest BCUT2D eigenvalue weighted by Gasteiger charge is 2.07. The average Bonchev–Trinajstić information content (AvgIpc) is 2.70. The highest BCUT2D eigenvalue weighted by atomic mass is 16.5. The smallest absolute Gasteiger partial charge is 0.257 e. The van der Waals surface area contributed by atoms with E-state index < -0.39 is 0 Å². The summed E-state index contributed by atoms with van der Waals surface area (Å²) in [7, 11) is 1.60. The number of anilines is 2. The first-order valence-electron chi connectivity index (χ1n) is 8.38. The molecule has 2 aromatic carbocycles.